The second-order valence-electron chi connectivity index (χ2n) is 7.64. The minimum atomic E-state index is -3.65. The van der Waals surface area contributed by atoms with Gasteiger partial charge in [0.25, 0.3) is 0 Å². The Morgan fingerprint density at radius 3 is 2.06 bits per heavy atom. The van der Waals surface area contributed by atoms with Crippen LogP contribution in [0, 0.1) is 0 Å². The van der Waals surface area contributed by atoms with Crippen molar-refractivity contribution in [1.29, 1.82) is 0 Å². The van der Waals surface area contributed by atoms with E-state index in [4.69, 9.17) is 4.74 Å². The summed E-state index contributed by atoms with van der Waals surface area (Å²) in [5.41, 5.74) is 2.84. The third-order valence-corrected chi connectivity index (χ3v) is 7.11. The Kier molecular flexibility index (Phi) is 7.50. The van der Waals surface area contributed by atoms with E-state index in [1.165, 1.54) is 4.31 Å². The van der Waals surface area contributed by atoms with E-state index in [-0.39, 0.29) is 11.4 Å². The molecule has 0 aliphatic heterocycles. The second-order valence-corrected chi connectivity index (χ2v) is 9.58. The maximum atomic E-state index is 13.4. The van der Waals surface area contributed by atoms with Crippen molar-refractivity contribution in [2.24, 2.45) is 0 Å². The third-order valence-electron chi connectivity index (χ3n) is 5.26. The van der Waals surface area contributed by atoms with Crippen LogP contribution in [0.4, 0.5) is 0 Å². The SMILES string of the molecule is O=S(=O)(c1ccccc1)N(CCc1ccccn1)Cc1ccc(OCc2ccccc2)cc1. The Hall–Kier alpha value is -3.48. The molecular formula is C27H26N2O3S. The highest BCUT2D eigenvalue weighted by Gasteiger charge is 2.24. The molecule has 0 atom stereocenters. The average molecular weight is 459 g/mol. The number of pyridine rings is 1. The van der Waals surface area contributed by atoms with Crippen LogP contribution < -0.4 is 4.74 Å². The topological polar surface area (TPSA) is 59.5 Å². The highest BCUT2D eigenvalue weighted by Crippen LogP contribution is 2.21. The monoisotopic (exact) mass is 458 g/mol. The number of hydrogen-bond donors (Lipinski definition) is 0. The van der Waals surface area contributed by atoms with Gasteiger partial charge in [-0.25, -0.2) is 8.42 Å². The summed E-state index contributed by atoms with van der Waals surface area (Å²) in [6.45, 7) is 1.09. The molecule has 0 unspecified atom stereocenters. The minimum absolute atomic E-state index is 0.267. The standard InChI is InChI=1S/C27H26N2O3S/c30-33(31,27-12-5-2-6-13-27)29(20-18-25-11-7-8-19-28-25)21-23-14-16-26(17-15-23)32-22-24-9-3-1-4-10-24/h1-17,19H,18,20-22H2. The zero-order chi connectivity index (χ0) is 22.9. The van der Waals surface area contributed by atoms with Crippen LogP contribution in [0.5, 0.6) is 5.75 Å². The largest absolute Gasteiger partial charge is 0.489 e. The van der Waals surface area contributed by atoms with E-state index in [0.29, 0.717) is 19.6 Å². The normalized spacial score (nSPS) is 11.4. The molecular weight excluding hydrogens is 432 g/mol. The van der Waals surface area contributed by atoms with Crippen LogP contribution >= 0.6 is 0 Å². The number of hydrogen-bond acceptors (Lipinski definition) is 4. The first-order chi connectivity index (χ1) is 16.1. The van der Waals surface area contributed by atoms with Crippen LogP contribution in [0.15, 0.2) is 114 Å². The van der Waals surface area contributed by atoms with E-state index in [1.54, 1.807) is 30.5 Å². The van der Waals surface area contributed by atoms with Crippen molar-refractivity contribution < 1.29 is 13.2 Å². The molecule has 4 aromatic rings. The van der Waals surface area contributed by atoms with E-state index >= 15 is 0 Å². The van der Waals surface area contributed by atoms with Gasteiger partial charge in [0.15, 0.2) is 0 Å². The van der Waals surface area contributed by atoms with Gasteiger partial charge >= 0.3 is 0 Å². The maximum Gasteiger partial charge on any atom is 0.243 e. The van der Waals surface area contributed by atoms with Gasteiger partial charge in [0, 0.05) is 31.4 Å². The summed E-state index contributed by atoms with van der Waals surface area (Å²) < 4.78 is 34.1. The molecule has 0 aliphatic rings. The molecule has 0 radical (unpaired) electrons. The molecule has 6 heteroatoms. The van der Waals surface area contributed by atoms with E-state index < -0.39 is 10.0 Å². The molecule has 168 valence electrons. The summed E-state index contributed by atoms with van der Waals surface area (Å²) >= 11 is 0. The van der Waals surface area contributed by atoms with Crippen molar-refractivity contribution in [3.63, 3.8) is 0 Å². The lowest BCUT2D eigenvalue weighted by Gasteiger charge is -2.22. The lowest BCUT2D eigenvalue weighted by Crippen LogP contribution is -2.32. The maximum absolute atomic E-state index is 13.4. The van der Waals surface area contributed by atoms with Crippen molar-refractivity contribution in [3.8, 4) is 5.75 Å². The summed E-state index contributed by atoms with van der Waals surface area (Å²) in [6.07, 6.45) is 2.25. The Bertz CT molecular complexity index is 1230. The molecule has 3 aromatic carbocycles. The van der Waals surface area contributed by atoms with E-state index in [2.05, 4.69) is 4.98 Å². The fourth-order valence-corrected chi connectivity index (χ4v) is 4.90. The van der Waals surface area contributed by atoms with Gasteiger partial charge in [-0.05, 0) is 47.5 Å². The highest BCUT2D eigenvalue weighted by atomic mass is 32.2. The molecule has 5 nitrogen and oxygen atoms in total. The third kappa shape index (κ3) is 6.28. The fourth-order valence-electron chi connectivity index (χ4n) is 3.45. The summed E-state index contributed by atoms with van der Waals surface area (Å²) in [5, 5.41) is 0. The van der Waals surface area contributed by atoms with Crippen LogP contribution in [-0.4, -0.2) is 24.3 Å². The first kappa shape index (κ1) is 22.7. The van der Waals surface area contributed by atoms with Crippen LogP contribution in [0.2, 0.25) is 0 Å². The predicted molar refractivity (Wildman–Crippen MR) is 129 cm³/mol. The molecule has 0 amide bonds. The molecule has 0 spiro atoms. The molecule has 33 heavy (non-hydrogen) atoms. The van der Waals surface area contributed by atoms with Gasteiger partial charge < -0.3 is 4.74 Å². The van der Waals surface area contributed by atoms with Gasteiger partial charge in [0.05, 0.1) is 4.90 Å². The number of sulfonamides is 1. The lowest BCUT2D eigenvalue weighted by molar-refractivity contribution is 0.306. The first-order valence-corrected chi connectivity index (χ1v) is 12.3. The summed E-state index contributed by atoms with van der Waals surface area (Å²) in [5.74, 6) is 0.744. The first-order valence-electron chi connectivity index (χ1n) is 10.8. The quantitative estimate of drug-likeness (QED) is 0.332. The number of nitrogens with zero attached hydrogens (tertiary/aromatic N) is 2. The Labute approximate surface area is 195 Å². The van der Waals surface area contributed by atoms with Crippen molar-refractivity contribution in [1.82, 2.24) is 9.29 Å². The highest BCUT2D eigenvalue weighted by molar-refractivity contribution is 7.89. The van der Waals surface area contributed by atoms with Crippen LogP contribution in [0.25, 0.3) is 0 Å². The number of aromatic nitrogens is 1. The predicted octanol–water partition coefficient (Wildman–Crippen LogP) is 5.09. The molecule has 0 bridgehead atoms. The van der Waals surface area contributed by atoms with Crippen LogP contribution in [0.1, 0.15) is 16.8 Å². The van der Waals surface area contributed by atoms with Gasteiger partial charge in [0.1, 0.15) is 12.4 Å². The van der Waals surface area contributed by atoms with E-state index in [9.17, 15) is 8.42 Å². The molecule has 1 aromatic heterocycles. The molecule has 1 heterocycles. The van der Waals surface area contributed by atoms with E-state index in [1.807, 2.05) is 78.9 Å². The van der Waals surface area contributed by atoms with Gasteiger partial charge in [0.2, 0.25) is 10.0 Å². The number of benzene rings is 3. The van der Waals surface area contributed by atoms with Crippen molar-refractivity contribution >= 4 is 10.0 Å². The van der Waals surface area contributed by atoms with Gasteiger partial charge in [-0.1, -0.05) is 66.7 Å². The molecule has 0 saturated heterocycles. The van der Waals surface area contributed by atoms with Crippen LogP contribution in [-0.2, 0) is 29.6 Å². The number of rotatable bonds is 10. The molecule has 0 aliphatic carbocycles. The summed E-state index contributed by atoms with van der Waals surface area (Å²) in [7, 11) is -3.65. The zero-order valence-corrected chi connectivity index (χ0v) is 19.1. The van der Waals surface area contributed by atoms with Crippen LogP contribution in [0.3, 0.4) is 0 Å². The van der Waals surface area contributed by atoms with Gasteiger partial charge in [-0.3, -0.25) is 4.98 Å². The lowest BCUT2D eigenvalue weighted by atomic mass is 10.2. The Morgan fingerprint density at radius 1 is 0.727 bits per heavy atom. The number of ether oxygens (including phenoxy) is 1. The van der Waals surface area contributed by atoms with Gasteiger partial charge in [-0.2, -0.15) is 4.31 Å². The summed E-state index contributed by atoms with van der Waals surface area (Å²) in [6, 6.07) is 31.8. The minimum Gasteiger partial charge on any atom is -0.489 e. The zero-order valence-electron chi connectivity index (χ0n) is 18.2. The summed E-state index contributed by atoms with van der Waals surface area (Å²) in [4.78, 5) is 4.62. The van der Waals surface area contributed by atoms with Crippen molar-refractivity contribution in [2.75, 3.05) is 6.54 Å². The van der Waals surface area contributed by atoms with E-state index in [0.717, 1.165) is 22.6 Å². The Morgan fingerprint density at radius 2 is 1.39 bits per heavy atom. The Balaban J connectivity index is 1.48. The smallest absolute Gasteiger partial charge is 0.243 e. The van der Waals surface area contributed by atoms with Crippen molar-refractivity contribution in [2.45, 2.75) is 24.5 Å². The molecule has 0 N–H and O–H groups in total. The van der Waals surface area contributed by atoms with Gasteiger partial charge in [-0.15, -0.1) is 0 Å². The fraction of sp³-hybridized carbons (Fsp3) is 0.148. The molecule has 4 rings (SSSR count). The molecule has 0 saturated carbocycles. The second kappa shape index (κ2) is 10.9. The average Bonchev–Trinajstić information content (AvgIpc) is 2.87. The molecule has 0 fully saturated rings. The van der Waals surface area contributed by atoms with Crippen molar-refractivity contribution in [3.05, 3.63) is 126 Å².